The van der Waals surface area contributed by atoms with Crippen molar-refractivity contribution in [2.24, 2.45) is 0 Å². The molecule has 0 aromatic carbocycles. The predicted octanol–water partition coefficient (Wildman–Crippen LogP) is 2.25. The molecule has 0 bridgehead atoms. The van der Waals surface area contributed by atoms with Crippen molar-refractivity contribution < 1.29 is 0 Å². The molecule has 1 N–H and O–H groups in total. The molecule has 1 fully saturated rings. The highest BCUT2D eigenvalue weighted by Crippen LogP contribution is 2.23. The third kappa shape index (κ3) is 2.48. The lowest BCUT2D eigenvalue weighted by molar-refractivity contribution is 0.0483. The molecule has 84 valence electrons. The van der Waals surface area contributed by atoms with Gasteiger partial charge in [-0.25, -0.2) is 0 Å². The van der Waals surface area contributed by atoms with Crippen LogP contribution in [0, 0.1) is 0 Å². The van der Waals surface area contributed by atoms with Crippen molar-refractivity contribution in [3.63, 3.8) is 0 Å². The molecular formula is C12H26N2. The second kappa shape index (κ2) is 5.13. The van der Waals surface area contributed by atoms with Crippen LogP contribution in [0.25, 0.3) is 0 Å². The molecule has 2 atom stereocenters. The van der Waals surface area contributed by atoms with Gasteiger partial charge < -0.3 is 5.32 Å². The summed E-state index contributed by atoms with van der Waals surface area (Å²) in [6, 6.07) is 0.709. The molecule has 1 aliphatic heterocycles. The van der Waals surface area contributed by atoms with Crippen LogP contribution in [0.4, 0.5) is 0 Å². The van der Waals surface area contributed by atoms with E-state index in [4.69, 9.17) is 0 Å². The fourth-order valence-corrected chi connectivity index (χ4v) is 2.28. The van der Waals surface area contributed by atoms with Gasteiger partial charge in [-0.3, -0.25) is 4.90 Å². The quantitative estimate of drug-likeness (QED) is 0.745. The summed E-state index contributed by atoms with van der Waals surface area (Å²) >= 11 is 0. The molecule has 0 saturated carbocycles. The van der Waals surface area contributed by atoms with E-state index in [1.807, 2.05) is 0 Å². The molecule has 1 aliphatic rings. The van der Waals surface area contributed by atoms with Crippen molar-refractivity contribution in [2.45, 2.75) is 58.5 Å². The van der Waals surface area contributed by atoms with E-state index in [9.17, 15) is 0 Å². The number of hydrogen-bond donors (Lipinski definition) is 1. The lowest BCUT2D eigenvalue weighted by atomic mass is 9.91. The average Bonchev–Trinajstić information content (AvgIpc) is 2.22. The Kier molecular flexibility index (Phi) is 4.39. The summed E-state index contributed by atoms with van der Waals surface area (Å²) < 4.78 is 0. The summed E-state index contributed by atoms with van der Waals surface area (Å²) in [4.78, 5) is 2.68. The maximum atomic E-state index is 3.66. The van der Waals surface area contributed by atoms with Crippen molar-refractivity contribution >= 4 is 0 Å². The van der Waals surface area contributed by atoms with Gasteiger partial charge in [0.15, 0.2) is 0 Å². The van der Waals surface area contributed by atoms with Gasteiger partial charge in [0.05, 0.1) is 0 Å². The summed E-state index contributed by atoms with van der Waals surface area (Å²) in [5, 5.41) is 3.66. The van der Waals surface area contributed by atoms with Crippen molar-refractivity contribution in [3.05, 3.63) is 0 Å². The van der Waals surface area contributed by atoms with Gasteiger partial charge in [-0.2, -0.15) is 0 Å². The van der Waals surface area contributed by atoms with E-state index >= 15 is 0 Å². The van der Waals surface area contributed by atoms with E-state index in [0.29, 0.717) is 11.6 Å². The first-order chi connectivity index (χ1) is 6.66. The molecule has 0 aliphatic carbocycles. The molecule has 0 aromatic rings. The van der Waals surface area contributed by atoms with Crippen LogP contribution in [-0.4, -0.2) is 36.1 Å². The molecule has 0 amide bonds. The molecule has 2 nitrogen and oxygen atoms in total. The Morgan fingerprint density at radius 1 is 1.36 bits per heavy atom. The zero-order valence-corrected chi connectivity index (χ0v) is 10.3. The van der Waals surface area contributed by atoms with Gasteiger partial charge in [0.25, 0.3) is 0 Å². The van der Waals surface area contributed by atoms with E-state index in [1.54, 1.807) is 0 Å². The summed E-state index contributed by atoms with van der Waals surface area (Å²) in [5.41, 5.74) is 0.391. The van der Waals surface area contributed by atoms with Crippen molar-refractivity contribution in [1.82, 2.24) is 10.2 Å². The second-order valence-corrected chi connectivity index (χ2v) is 4.78. The smallest absolute Gasteiger partial charge is 0.0303 e. The Bertz CT molecular complexity index is 170. The zero-order chi connectivity index (χ0) is 10.6. The van der Waals surface area contributed by atoms with E-state index in [-0.39, 0.29) is 0 Å². The number of piperazine rings is 1. The number of hydrogen-bond acceptors (Lipinski definition) is 2. The fourth-order valence-electron chi connectivity index (χ4n) is 2.28. The van der Waals surface area contributed by atoms with Crippen LogP contribution in [0.1, 0.15) is 47.0 Å². The van der Waals surface area contributed by atoms with Crippen molar-refractivity contribution in [2.75, 3.05) is 19.6 Å². The summed E-state index contributed by atoms with van der Waals surface area (Å²) in [6.45, 7) is 12.9. The Balaban J connectivity index is 2.60. The summed E-state index contributed by atoms with van der Waals surface area (Å²) in [6.07, 6.45) is 3.77. The van der Waals surface area contributed by atoms with Gasteiger partial charge in [-0.15, -0.1) is 0 Å². The topological polar surface area (TPSA) is 15.3 Å². The standard InChI is InChI=1S/C12H26N2/c1-5-8-14-9-11(6-2)13-10-12(14,4)7-3/h11,13H,5-10H2,1-4H3. The van der Waals surface area contributed by atoms with Gasteiger partial charge in [0, 0.05) is 24.7 Å². The van der Waals surface area contributed by atoms with Crippen LogP contribution in [-0.2, 0) is 0 Å². The Labute approximate surface area is 89.1 Å². The van der Waals surface area contributed by atoms with Gasteiger partial charge in [-0.05, 0) is 32.7 Å². The van der Waals surface area contributed by atoms with Crippen LogP contribution in [0.3, 0.4) is 0 Å². The molecule has 1 rings (SSSR count). The molecule has 1 heterocycles. The third-order valence-corrected chi connectivity index (χ3v) is 3.72. The molecule has 0 spiro atoms. The summed E-state index contributed by atoms with van der Waals surface area (Å²) in [5.74, 6) is 0. The minimum absolute atomic E-state index is 0.391. The van der Waals surface area contributed by atoms with Gasteiger partial charge in [-0.1, -0.05) is 20.8 Å². The maximum absolute atomic E-state index is 3.66. The Morgan fingerprint density at radius 2 is 2.07 bits per heavy atom. The monoisotopic (exact) mass is 198 g/mol. The van der Waals surface area contributed by atoms with Crippen molar-refractivity contribution in [3.8, 4) is 0 Å². The van der Waals surface area contributed by atoms with Gasteiger partial charge in [0.1, 0.15) is 0 Å². The highest BCUT2D eigenvalue weighted by Gasteiger charge is 2.34. The number of nitrogens with one attached hydrogen (secondary N) is 1. The lowest BCUT2D eigenvalue weighted by Crippen LogP contribution is -2.62. The average molecular weight is 198 g/mol. The minimum Gasteiger partial charge on any atom is -0.311 e. The van der Waals surface area contributed by atoms with Crippen LogP contribution >= 0.6 is 0 Å². The molecule has 2 heteroatoms. The highest BCUT2D eigenvalue weighted by molar-refractivity contribution is 4.94. The third-order valence-electron chi connectivity index (χ3n) is 3.72. The van der Waals surface area contributed by atoms with E-state index in [1.165, 1.54) is 32.4 Å². The van der Waals surface area contributed by atoms with Crippen LogP contribution in [0.15, 0.2) is 0 Å². The Morgan fingerprint density at radius 3 is 2.57 bits per heavy atom. The normalized spacial score (nSPS) is 34.7. The first-order valence-electron chi connectivity index (χ1n) is 6.14. The van der Waals surface area contributed by atoms with Gasteiger partial charge >= 0.3 is 0 Å². The van der Waals surface area contributed by atoms with Crippen LogP contribution in [0.5, 0.6) is 0 Å². The molecule has 1 saturated heterocycles. The zero-order valence-electron chi connectivity index (χ0n) is 10.3. The first-order valence-corrected chi connectivity index (χ1v) is 6.14. The van der Waals surface area contributed by atoms with Crippen molar-refractivity contribution in [1.29, 1.82) is 0 Å². The van der Waals surface area contributed by atoms with Crippen LogP contribution in [0.2, 0.25) is 0 Å². The van der Waals surface area contributed by atoms with Crippen LogP contribution < -0.4 is 5.32 Å². The molecular weight excluding hydrogens is 172 g/mol. The van der Waals surface area contributed by atoms with E-state index in [0.717, 1.165) is 6.54 Å². The lowest BCUT2D eigenvalue weighted by Gasteiger charge is -2.48. The molecule has 2 unspecified atom stereocenters. The maximum Gasteiger partial charge on any atom is 0.0303 e. The Hall–Kier alpha value is -0.0800. The van der Waals surface area contributed by atoms with E-state index in [2.05, 4.69) is 37.9 Å². The molecule has 0 radical (unpaired) electrons. The van der Waals surface area contributed by atoms with Gasteiger partial charge in [0.2, 0.25) is 0 Å². The minimum atomic E-state index is 0.391. The fraction of sp³-hybridized carbons (Fsp3) is 1.00. The highest BCUT2D eigenvalue weighted by atomic mass is 15.3. The number of rotatable bonds is 4. The molecule has 0 aromatic heterocycles. The van der Waals surface area contributed by atoms with E-state index < -0.39 is 0 Å². The summed E-state index contributed by atoms with van der Waals surface area (Å²) in [7, 11) is 0. The molecule has 14 heavy (non-hydrogen) atoms. The predicted molar refractivity (Wildman–Crippen MR) is 62.6 cm³/mol. The first kappa shape index (κ1) is 12.0. The SMILES string of the molecule is CCCN1CC(CC)NCC1(C)CC. The number of nitrogens with zero attached hydrogens (tertiary/aromatic N) is 1. The second-order valence-electron chi connectivity index (χ2n) is 4.78. The largest absolute Gasteiger partial charge is 0.311 e.